The molecule has 0 unspecified atom stereocenters. The zero-order chi connectivity index (χ0) is 20.6. The van der Waals surface area contributed by atoms with E-state index in [1.54, 1.807) is 18.2 Å². The summed E-state index contributed by atoms with van der Waals surface area (Å²) >= 11 is 6.24. The quantitative estimate of drug-likeness (QED) is 0.366. The Balaban J connectivity index is 1.43. The normalized spacial score (nSPS) is 19.2. The molecule has 1 fully saturated rings. The maximum absolute atomic E-state index is 12.1. The molecule has 152 valence electrons. The maximum atomic E-state index is 12.1. The molecule has 0 radical (unpaired) electrons. The predicted molar refractivity (Wildman–Crippen MR) is 108 cm³/mol. The van der Waals surface area contributed by atoms with Crippen molar-refractivity contribution in [2.24, 2.45) is 5.10 Å². The Morgan fingerprint density at radius 1 is 1.03 bits per heavy atom. The molecule has 29 heavy (non-hydrogen) atoms. The smallest absolute Gasteiger partial charge is 0.295 e. The first kappa shape index (κ1) is 21.0. The SMILES string of the molecule is O=C(C[NH+]1CC[NH+](Cc2ccccc2Cl)CC1)NN=Cc1ccccc1C(=O)[O-]. The van der Waals surface area contributed by atoms with Gasteiger partial charge in [0.1, 0.15) is 32.7 Å². The van der Waals surface area contributed by atoms with Crippen molar-refractivity contribution in [3.05, 3.63) is 70.2 Å². The Labute approximate surface area is 174 Å². The van der Waals surface area contributed by atoms with E-state index in [4.69, 9.17) is 11.6 Å². The van der Waals surface area contributed by atoms with Crippen LogP contribution in [-0.2, 0) is 11.3 Å². The summed E-state index contributed by atoms with van der Waals surface area (Å²) in [4.78, 5) is 25.9. The molecule has 0 atom stereocenters. The zero-order valence-corrected chi connectivity index (χ0v) is 16.7. The van der Waals surface area contributed by atoms with Crippen molar-refractivity contribution in [2.45, 2.75) is 6.54 Å². The monoisotopic (exact) mass is 415 g/mol. The highest BCUT2D eigenvalue weighted by Gasteiger charge is 2.25. The molecule has 1 aliphatic rings. The van der Waals surface area contributed by atoms with Gasteiger partial charge < -0.3 is 19.7 Å². The summed E-state index contributed by atoms with van der Waals surface area (Å²) in [5, 5.41) is 15.7. The molecule has 7 nitrogen and oxygen atoms in total. The summed E-state index contributed by atoms with van der Waals surface area (Å²) in [7, 11) is 0. The first-order chi connectivity index (χ1) is 14.0. The number of carboxylic acids is 1. The fraction of sp³-hybridized carbons (Fsp3) is 0.286. The van der Waals surface area contributed by atoms with Crippen LogP contribution < -0.4 is 20.3 Å². The third-order valence-electron chi connectivity index (χ3n) is 5.05. The van der Waals surface area contributed by atoms with Crippen LogP contribution in [-0.4, -0.2) is 50.8 Å². The minimum absolute atomic E-state index is 0.0359. The van der Waals surface area contributed by atoms with Crippen LogP contribution in [0, 0.1) is 0 Å². The molecule has 0 bridgehead atoms. The van der Waals surface area contributed by atoms with Gasteiger partial charge in [-0.2, -0.15) is 5.10 Å². The van der Waals surface area contributed by atoms with Crippen LogP contribution in [0.2, 0.25) is 5.02 Å². The lowest BCUT2D eigenvalue weighted by Gasteiger charge is -2.29. The second-order valence-electron chi connectivity index (χ2n) is 7.11. The number of halogens is 1. The number of nitrogens with zero attached hydrogens (tertiary/aromatic N) is 1. The Morgan fingerprint density at radius 2 is 1.69 bits per heavy atom. The van der Waals surface area contributed by atoms with Crippen molar-refractivity contribution in [3.63, 3.8) is 0 Å². The first-order valence-corrected chi connectivity index (χ1v) is 9.93. The van der Waals surface area contributed by atoms with E-state index in [0.29, 0.717) is 12.1 Å². The van der Waals surface area contributed by atoms with Gasteiger partial charge >= 0.3 is 0 Å². The molecule has 0 spiro atoms. The molecule has 0 saturated carbocycles. The summed E-state index contributed by atoms with van der Waals surface area (Å²) in [6, 6.07) is 14.2. The van der Waals surface area contributed by atoms with Gasteiger partial charge in [-0.05, 0) is 6.07 Å². The molecule has 0 aliphatic carbocycles. The van der Waals surface area contributed by atoms with Gasteiger partial charge in [0, 0.05) is 21.7 Å². The molecule has 3 rings (SSSR count). The predicted octanol–water partition coefficient (Wildman–Crippen LogP) is -1.86. The molecule has 1 heterocycles. The molecule has 1 amide bonds. The lowest BCUT2D eigenvalue weighted by atomic mass is 10.1. The topological polar surface area (TPSA) is 90.5 Å². The summed E-state index contributed by atoms with van der Waals surface area (Å²) in [6.45, 7) is 4.95. The number of rotatable bonds is 7. The van der Waals surface area contributed by atoms with Gasteiger partial charge in [0.05, 0.1) is 12.2 Å². The van der Waals surface area contributed by atoms with E-state index in [-0.39, 0.29) is 11.5 Å². The van der Waals surface area contributed by atoms with Crippen LogP contribution in [0.5, 0.6) is 0 Å². The zero-order valence-electron chi connectivity index (χ0n) is 16.0. The van der Waals surface area contributed by atoms with Crippen LogP contribution in [0.1, 0.15) is 21.5 Å². The number of amides is 1. The number of piperazine rings is 1. The van der Waals surface area contributed by atoms with E-state index >= 15 is 0 Å². The van der Waals surface area contributed by atoms with E-state index in [1.165, 1.54) is 22.1 Å². The number of carboxylic acid groups (broad SMARTS) is 1. The van der Waals surface area contributed by atoms with Crippen molar-refractivity contribution in [3.8, 4) is 0 Å². The van der Waals surface area contributed by atoms with Crippen molar-refractivity contribution in [1.82, 2.24) is 5.43 Å². The fourth-order valence-electron chi connectivity index (χ4n) is 3.46. The third-order valence-corrected chi connectivity index (χ3v) is 5.42. The second kappa shape index (κ2) is 10.2. The molecule has 1 aliphatic heterocycles. The van der Waals surface area contributed by atoms with Gasteiger partial charge in [-0.15, -0.1) is 0 Å². The van der Waals surface area contributed by atoms with Crippen molar-refractivity contribution in [2.75, 3.05) is 32.7 Å². The van der Waals surface area contributed by atoms with Crippen molar-refractivity contribution in [1.29, 1.82) is 0 Å². The average Bonchev–Trinajstić information content (AvgIpc) is 2.71. The number of carbonyl (C=O) groups is 2. The van der Waals surface area contributed by atoms with Crippen LogP contribution >= 0.6 is 11.6 Å². The van der Waals surface area contributed by atoms with Gasteiger partial charge in [-0.25, -0.2) is 5.43 Å². The molecule has 2 aromatic carbocycles. The van der Waals surface area contributed by atoms with Crippen LogP contribution in [0.25, 0.3) is 0 Å². The number of hydrogen-bond acceptors (Lipinski definition) is 4. The third kappa shape index (κ3) is 6.12. The highest BCUT2D eigenvalue weighted by atomic mass is 35.5. The summed E-state index contributed by atoms with van der Waals surface area (Å²) in [6.07, 6.45) is 1.32. The Hall–Kier alpha value is -2.74. The minimum atomic E-state index is -1.28. The minimum Gasteiger partial charge on any atom is -0.545 e. The van der Waals surface area contributed by atoms with Gasteiger partial charge in [0.25, 0.3) is 5.91 Å². The van der Waals surface area contributed by atoms with Crippen molar-refractivity contribution < 1.29 is 24.5 Å². The van der Waals surface area contributed by atoms with Gasteiger partial charge in [-0.3, -0.25) is 4.79 Å². The number of aromatic carboxylic acids is 1. The Bertz CT molecular complexity index is 895. The van der Waals surface area contributed by atoms with Crippen LogP contribution in [0.4, 0.5) is 0 Å². The number of carbonyl (C=O) groups excluding carboxylic acids is 2. The number of quaternary nitrogens is 2. The number of benzene rings is 2. The van der Waals surface area contributed by atoms with Gasteiger partial charge in [0.2, 0.25) is 0 Å². The number of hydrogen-bond donors (Lipinski definition) is 3. The highest BCUT2D eigenvalue weighted by molar-refractivity contribution is 6.31. The average molecular weight is 416 g/mol. The lowest BCUT2D eigenvalue weighted by molar-refractivity contribution is -1.02. The molecule has 2 aromatic rings. The first-order valence-electron chi connectivity index (χ1n) is 9.55. The summed E-state index contributed by atoms with van der Waals surface area (Å²) < 4.78 is 0. The molecular weight excluding hydrogens is 392 g/mol. The van der Waals surface area contributed by atoms with Crippen LogP contribution in [0.3, 0.4) is 0 Å². The number of nitrogens with one attached hydrogen (secondary N) is 3. The number of hydrazone groups is 1. The standard InChI is InChI=1S/C21H23ClN4O3/c22-19-8-4-2-6-17(19)14-25-9-11-26(12-10-25)15-20(27)24-23-13-16-5-1-3-7-18(16)21(28)29/h1-8,13H,9-12,14-15H2,(H,24,27)(H,28,29)/p+1. The Morgan fingerprint density at radius 3 is 2.41 bits per heavy atom. The highest BCUT2D eigenvalue weighted by Crippen LogP contribution is 2.13. The maximum Gasteiger partial charge on any atom is 0.295 e. The van der Waals surface area contributed by atoms with E-state index in [9.17, 15) is 14.7 Å². The molecule has 8 heteroatoms. The summed E-state index contributed by atoms with van der Waals surface area (Å²) in [5.74, 6) is -1.48. The van der Waals surface area contributed by atoms with Gasteiger partial charge in [0.15, 0.2) is 6.54 Å². The van der Waals surface area contributed by atoms with E-state index in [1.807, 2.05) is 18.2 Å². The van der Waals surface area contributed by atoms with Gasteiger partial charge in [-0.1, -0.05) is 54.1 Å². The second-order valence-corrected chi connectivity index (χ2v) is 7.52. The van der Waals surface area contributed by atoms with Crippen molar-refractivity contribution >= 4 is 29.7 Å². The van der Waals surface area contributed by atoms with E-state index < -0.39 is 5.97 Å². The van der Waals surface area contributed by atoms with E-state index in [2.05, 4.69) is 16.6 Å². The fourth-order valence-corrected chi connectivity index (χ4v) is 3.66. The molecule has 1 saturated heterocycles. The molecular formula is C21H24ClN4O3+. The van der Waals surface area contributed by atoms with Crippen LogP contribution in [0.15, 0.2) is 53.6 Å². The largest absolute Gasteiger partial charge is 0.545 e. The van der Waals surface area contributed by atoms with E-state index in [0.717, 1.165) is 43.3 Å². The molecule has 0 aromatic heterocycles. The lowest BCUT2D eigenvalue weighted by Crippen LogP contribution is -3.28. The Kier molecular flexibility index (Phi) is 7.35. The molecule has 3 N–H and O–H groups in total. The summed E-state index contributed by atoms with van der Waals surface area (Å²) in [5.41, 5.74) is 4.05.